The Balaban J connectivity index is 1.94. The van der Waals surface area contributed by atoms with Crippen LogP contribution >= 0.6 is 11.6 Å². The van der Waals surface area contributed by atoms with Crippen LogP contribution in [0.2, 0.25) is 0 Å². The van der Waals surface area contributed by atoms with Crippen molar-refractivity contribution in [1.29, 1.82) is 0 Å². The SMILES string of the molecule is COCC1CCCN(c2nc3ccccc3cc2CCl)C1. The highest BCUT2D eigenvalue weighted by atomic mass is 35.5. The number of anilines is 1. The van der Waals surface area contributed by atoms with Gasteiger partial charge >= 0.3 is 0 Å². The molecule has 0 bridgehead atoms. The number of halogens is 1. The minimum Gasteiger partial charge on any atom is -0.384 e. The number of para-hydroxylation sites is 1. The van der Waals surface area contributed by atoms with Crippen LogP contribution in [0.1, 0.15) is 18.4 Å². The molecule has 0 aliphatic carbocycles. The van der Waals surface area contributed by atoms with Gasteiger partial charge < -0.3 is 9.64 Å². The summed E-state index contributed by atoms with van der Waals surface area (Å²) in [7, 11) is 1.78. The van der Waals surface area contributed by atoms with Gasteiger partial charge in [0.2, 0.25) is 0 Å². The number of benzene rings is 1. The van der Waals surface area contributed by atoms with Crippen LogP contribution in [0.4, 0.5) is 5.82 Å². The quantitative estimate of drug-likeness (QED) is 0.803. The lowest BCUT2D eigenvalue weighted by atomic mass is 9.98. The second-order valence-corrected chi connectivity index (χ2v) is 5.97. The summed E-state index contributed by atoms with van der Waals surface area (Å²) in [5, 5.41) is 1.15. The average Bonchev–Trinajstić information content (AvgIpc) is 2.54. The van der Waals surface area contributed by atoms with E-state index in [2.05, 4.69) is 23.1 Å². The van der Waals surface area contributed by atoms with E-state index in [4.69, 9.17) is 21.3 Å². The Kier molecular flexibility index (Phi) is 4.61. The van der Waals surface area contributed by atoms with E-state index in [1.807, 2.05) is 12.1 Å². The molecule has 2 heterocycles. The van der Waals surface area contributed by atoms with Crippen LogP contribution in [0.15, 0.2) is 30.3 Å². The van der Waals surface area contributed by atoms with E-state index in [9.17, 15) is 0 Å². The number of fused-ring (bicyclic) bond motifs is 1. The van der Waals surface area contributed by atoms with Crippen LogP contribution in [0, 0.1) is 5.92 Å². The number of rotatable bonds is 4. The zero-order valence-electron chi connectivity index (χ0n) is 12.4. The smallest absolute Gasteiger partial charge is 0.133 e. The van der Waals surface area contributed by atoms with Gasteiger partial charge in [-0.05, 0) is 30.9 Å². The Hall–Kier alpha value is -1.32. The highest BCUT2D eigenvalue weighted by molar-refractivity contribution is 6.17. The third kappa shape index (κ3) is 3.14. The van der Waals surface area contributed by atoms with Crippen molar-refractivity contribution in [3.05, 3.63) is 35.9 Å². The molecule has 1 saturated heterocycles. The van der Waals surface area contributed by atoms with Crippen LogP contribution in [-0.2, 0) is 10.6 Å². The molecule has 3 nitrogen and oxygen atoms in total. The third-order valence-electron chi connectivity index (χ3n) is 4.14. The molecule has 0 saturated carbocycles. The highest BCUT2D eigenvalue weighted by Crippen LogP contribution is 2.28. The van der Waals surface area contributed by atoms with Gasteiger partial charge in [-0.3, -0.25) is 0 Å². The first-order valence-electron chi connectivity index (χ1n) is 7.50. The molecular weight excluding hydrogens is 284 g/mol. The van der Waals surface area contributed by atoms with Crippen LogP contribution in [0.5, 0.6) is 0 Å². The Morgan fingerprint density at radius 2 is 2.24 bits per heavy atom. The molecule has 1 fully saturated rings. The highest BCUT2D eigenvalue weighted by Gasteiger charge is 2.22. The molecule has 112 valence electrons. The zero-order valence-corrected chi connectivity index (χ0v) is 13.1. The second-order valence-electron chi connectivity index (χ2n) is 5.71. The van der Waals surface area contributed by atoms with Gasteiger partial charge in [0.15, 0.2) is 0 Å². The number of methoxy groups -OCH3 is 1. The molecule has 0 N–H and O–H groups in total. The van der Waals surface area contributed by atoms with Gasteiger partial charge in [-0.1, -0.05) is 18.2 Å². The van der Waals surface area contributed by atoms with Crippen LogP contribution in [0.3, 0.4) is 0 Å². The molecule has 1 aliphatic rings. The maximum atomic E-state index is 6.16. The summed E-state index contributed by atoms with van der Waals surface area (Å²) in [4.78, 5) is 7.24. The minimum atomic E-state index is 0.499. The van der Waals surface area contributed by atoms with Gasteiger partial charge in [-0.2, -0.15) is 0 Å². The van der Waals surface area contributed by atoms with E-state index in [1.165, 1.54) is 12.8 Å². The summed E-state index contributed by atoms with van der Waals surface area (Å²) < 4.78 is 5.32. The topological polar surface area (TPSA) is 25.4 Å². The number of pyridine rings is 1. The van der Waals surface area contributed by atoms with Crippen molar-refractivity contribution in [2.24, 2.45) is 5.92 Å². The van der Waals surface area contributed by atoms with Crippen molar-refractivity contribution >= 4 is 28.3 Å². The van der Waals surface area contributed by atoms with Crippen molar-refractivity contribution < 1.29 is 4.74 Å². The maximum absolute atomic E-state index is 6.16. The van der Waals surface area contributed by atoms with Crippen molar-refractivity contribution in [2.45, 2.75) is 18.7 Å². The fraction of sp³-hybridized carbons (Fsp3) is 0.471. The summed E-state index contributed by atoms with van der Waals surface area (Å²) in [5.74, 6) is 2.13. The largest absolute Gasteiger partial charge is 0.384 e. The minimum absolute atomic E-state index is 0.499. The molecule has 1 aromatic carbocycles. The summed E-state index contributed by atoms with van der Waals surface area (Å²) in [6.45, 7) is 2.87. The maximum Gasteiger partial charge on any atom is 0.133 e. The van der Waals surface area contributed by atoms with E-state index in [-0.39, 0.29) is 0 Å². The van der Waals surface area contributed by atoms with Gasteiger partial charge in [-0.25, -0.2) is 4.98 Å². The molecule has 1 aliphatic heterocycles. The molecule has 1 atom stereocenters. The van der Waals surface area contributed by atoms with Gasteiger partial charge in [0, 0.05) is 31.1 Å². The van der Waals surface area contributed by atoms with Gasteiger partial charge in [-0.15, -0.1) is 11.6 Å². The summed E-state index contributed by atoms with van der Waals surface area (Å²) in [6.07, 6.45) is 2.42. The lowest BCUT2D eigenvalue weighted by molar-refractivity contribution is 0.143. The van der Waals surface area contributed by atoms with Crippen LogP contribution in [0.25, 0.3) is 10.9 Å². The average molecular weight is 305 g/mol. The van der Waals surface area contributed by atoms with Gasteiger partial charge in [0.05, 0.1) is 18.0 Å². The number of hydrogen-bond acceptors (Lipinski definition) is 3. The van der Waals surface area contributed by atoms with Crippen molar-refractivity contribution in [2.75, 3.05) is 31.7 Å². The normalized spacial score (nSPS) is 19.1. The summed E-state index contributed by atoms with van der Waals surface area (Å²) in [5.41, 5.74) is 2.16. The molecule has 21 heavy (non-hydrogen) atoms. The van der Waals surface area contributed by atoms with Crippen molar-refractivity contribution in [3.63, 3.8) is 0 Å². The van der Waals surface area contributed by atoms with E-state index < -0.39 is 0 Å². The Morgan fingerprint density at radius 3 is 3.05 bits per heavy atom. The van der Waals surface area contributed by atoms with Gasteiger partial charge in [0.1, 0.15) is 5.82 Å². The Labute approximate surface area is 130 Å². The lowest BCUT2D eigenvalue weighted by Crippen LogP contribution is -2.38. The fourth-order valence-corrected chi connectivity index (χ4v) is 3.35. The Morgan fingerprint density at radius 1 is 1.38 bits per heavy atom. The lowest BCUT2D eigenvalue weighted by Gasteiger charge is -2.34. The molecule has 0 amide bonds. The number of piperidine rings is 1. The number of ether oxygens (including phenoxy) is 1. The van der Waals surface area contributed by atoms with E-state index in [0.717, 1.165) is 42.0 Å². The summed E-state index contributed by atoms with van der Waals surface area (Å²) >= 11 is 6.16. The summed E-state index contributed by atoms with van der Waals surface area (Å²) in [6, 6.07) is 10.4. The first kappa shape index (κ1) is 14.6. The fourth-order valence-electron chi connectivity index (χ4n) is 3.15. The van der Waals surface area contributed by atoms with Crippen molar-refractivity contribution in [1.82, 2.24) is 4.98 Å². The molecule has 3 rings (SSSR count). The molecule has 1 aromatic heterocycles. The standard InChI is InChI=1S/C17H21ClN2O/c1-21-12-13-5-4-8-20(11-13)17-15(10-18)9-14-6-2-3-7-16(14)19-17/h2-3,6-7,9,13H,4-5,8,10-12H2,1H3. The first-order chi connectivity index (χ1) is 10.3. The molecule has 0 radical (unpaired) electrons. The zero-order chi connectivity index (χ0) is 14.7. The number of hydrogen-bond donors (Lipinski definition) is 0. The van der Waals surface area contributed by atoms with Crippen LogP contribution in [-0.4, -0.2) is 31.8 Å². The molecular formula is C17H21ClN2O. The number of aromatic nitrogens is 1. The molecule has 4 heteroatoms. The van der Waals surface area contributed by atoms with E-state index in [0.29, 0.717) is 11.8 Å². The van der Waals surface area contributed by atoms with Gasteiger partial charge in [0.25, 0.3) is 0 Å². The number of nitrogens with zero attached hydrogens (tertiary/aromatic N) is 2. The number of alkyl halides is 1. The van der Waals surface area contributed by atoms with Crippen molar-refractivity contribution in [3.8, 4) is 0 Å². The van der Waals surface area contributed by atoms with E-state index in [1.54, 1.807) is 7.11 Å². The first-order valence-corrected chi connectivity index (χ1v) is 8.03. The second kappa shape index (κ2) is 6.63. The van der Waals surface area contributed by atoms with Crippen LogP contribution < -0.4 is 4.90 Å². The monoisotopic (exact) mass is 304 g/mol. The third-order valence-corrected chi connectivity index (χ3v) is 4.43. The Bertz CT molecular complexity index is 615. The predicted octanol–water partition coefficient (Wildman–Crippen LogP) is 3.84. The predicted molar refractivity (Wildman–Crippen MR) is 88.1 cm³/mol. The molecule has 2 aromatic rings. The molecule has 1 unspecified atom stereocenters. The van der Waals surface area contributed by atoms with E-state index >= 15 is 0 Å². The molecule has 0 spiro atoms.